The van der Waals surface area contributed by atoms with Crippen LogP contribution in [0.25, 0.3) is 0 Å². The molecule has 0 radical (unpaired) electrons. The van der Waals surface area contributed by atoms with E-state index in [0.717, 1.165) is 37.0 Å². The van der Waals surface area contributed by atoms with E-state index in [9.17, 15) is 9.90 Å². The van der Waals surface area contributed by atoms with Crippen LogP contribution < -0.4 is 0 Å². The molecule has 0 aromatic carbocycles. The van der Waals surface area contributed by atoms with Crippen LogP contribution in [0.4, 0.5) is 0 Å². The molecule has 4 aliphatic carbocycles. The monoisotopic (exact) mass is 236 g/mol. The smallest absolute Gasteiger partial charge is 0.309 e. The molecular weight excluding hydrogens is 212 g/mol. The van der Waals surface area contributed by atoms with Crippen molar-refractivity contribution in [2.45, 2.75) is 58.3 Å². The Labute approximate surface area is 104 Å². The Bertz CT molecular complexity index is 309. The first-order valence-corrected chi connectivity index (χ1v) is 7.39. The molecule has 0 aliphatic heterocycles. The van der Waals surface area contributed by atoms with Crippen molar-refractivity contribution in [1.82, 2.24) is 0 Å². The lowest BCUT2D eigenvalue weighted by molar-refractivity contribution is -0.178. The van der Waals surface area contributed by atoms with E-state index < -0.39 is 5.97 Å². The first kappa shape index (κ1) is 11.6. The predicted octanol–water partition coefficient (Wildman–Crippen LogP) is 3.70. The van der Waals surface area contributed by atoms with Gasteiger partial charge >= 0.3 is 5.97 Å². The number of carboxylic acids is 1. The van der Waals surface area contributed by atoms with Crippen LogP contribution in [0.1, 0.15) is 58.3 Å². The third kappa shape index (κ3) is 1.63. The molecule has 4 saturated carbocycles. The molecule has 17 heavy (non-hydrogen) atoms. The summed E-state index contributed by atoms with van der Waals surface area (Å²) in [6.07, 6.45) is 9.55. The molecule has 2 nitrogen and oxygen atoms in total. The van der Waals surface area contributed by atoms with E-state index in [1.807, 2.05) is 0 Å². The molecule has 3 atom stereocenters. The van der Waals surface area contributed by atoms with Gasteiger partial charge in [0.2, 0.25) is 0 Å². The summed E-state index contributed by atoms with van der Waals surface area (Å²) < 4.78 is 0. The summed E-state index contributed by atoms with van der Waals surface area (Å²) in [7, 11) is 0. The summed E-state index contributed by atoms with van der Waals surface area (Å²) in [5, 5.41) is 9.75. The first-order valence-electron chi connectivity index (χ1n) is 7.39. The molecule has 96 valence electrons. The maximum Gasteiger partial charge on any atom is 0.309 e. The lowest BCUT2D eigenvalue weighted by Gasteiger charge is -2.59. The van der Waals surface area contributed by atoms with Gasteiger partial charge in [0.1, 0.15) is 0 Å². The molecule has 1 N–H and O–H groups in total. The van der Waals surface area contributed by atoms with Gasteiger partial charge in [0.05, 0.1) is 5.41 Å². The maximum atomic E-state index is 11.8. The summed E-state index contributed by atoms with van der Waals surface area (Å²) in [6, 6.07) is 0. The van der Waals surface area contributed by atoms with E-state index in [2.05, 4.69) is 6.92 Å². The molecule has 0 aromatic rings. The van der Waals surface area contributed by atoms with E-state index in [-0.39, 0.29) is 5.41 Å². The zero-order valence-electron chi connectivity index (χ0n) is 10.8. The van der Waals surface area contributed by atoms with Crippen LogP contribution in [0, 0.1) is 29.1 Å². The molecular formula is C15H24O2. The number of unbranched alkanes of at least 4 members (excludes halogenated alkanes) is 1. The highest BCUT2D eigenvalue weighted by Crippen LogP contribution is 2.64. The minimum atomic E-state index is -0.474. The summed E-state index contributed by atoms with van der Waals surface area (Å²) in [6.45, 7) is 2.21. The highest BCUT2D eigenvalue weighted by molar-refractivity contribution is 5.76. The van der Waals surface area contributed by atoms with Gasteiger partial charge in [-0.3, -0.25) is 4.79 Å². The normalized spacial score (nSPS) is 47.4. The first-order chi connectivity index (χ1) is 8.15. The van der Waals surface area contributed by atoms with Crippen LogP contribution in [0.5, 0.6) is 0 Å². The maximum absolute atomic E-state index is 11.8. The standard InChI is InChI=1S/C15H24O2/c1-2-3-4-13-12-6-10-5-11(7-12)9-15(13,8-10)14(16)17/h10-13H,2-9H2,1H3,(H,16,17). The number of carbonyl (C=O) groups is 1. The van der Waals surface area contributed by atoms with Crippen molar-refractivity contribution in [3.63, 3.8) is 0 Å². The zero-order chi connectivity index (χ0) is 12.0. The average Bonchev–Trinajstić information content (AvgIpc) is 2.27. The van der Waals surface area contributed by atoms with E-state index >= 15 is 0 Å². The van der Waals surface area contributed by atoms with Gasteiger partial charge in [0.25, 0.3) is 0 Å². The average molecular weight is 236 g/mol. The van der Waals surface area contributed by atoms with Crippen LogP contribution >= 0.6 is 0 Å². The van der Waals surface area contributed by atoms with Gasteiger partial charge in [-0.25, -0.2) is 0 Å². The zero-order valence-corrected chi connectivity index (χ0v) is 10.8. The Hall–Kier alpha value is -0.530. The number of aliphatic carboxylic acids is 1. The fourth-order valence-electron chi connectivity index (χ4n) is 5.42. The molecule has 4 aliphatic rings. The quantitative estimate of drug-likeness (QED) is 0.808. The van der Waals surface area contributed by atoms with Crippen LogP contribution in [0.2, 0.25) is 0 Å². The summed E-state index contributed by atoms with van der Waals surface area (Å²) in [4.78, 5) is 11.8. The lowest BCUT2D eigenvalue weighted by Crippen LogP contribution is -2.56. The number of hydrogen-bond acceptors (Lipinski definition) is 1. The molecule has 0 heterocycles. The van der Waals surface area contributed by atoms with Gasteiger partial charge in [-0.15, -0.1) is 0 Å². The van der Waals surface area contributed by atoms with Crippen molar-refractivity contribution in [3.8, 4) is 0 Å². The van der Waals surface area contributed by atoms with Gasteiger partial charge in [-0.2, -0.15) is 0 Å². The van der Waals surface area contributed by atoms with Crippen LogP contribution in [-0.4, -0.2) is 11.1 Å². The van der Waals surface area contributed by atoms with Gasteiger partial charge in [-0.05, 0) is 62.2 Å². The molecule has 2 heteroatoms. The van der Waals surface area contributed by atoms with Crippen molar-refractivity contribution in [2.24, 2.45) is 29.1 Å². The van der Waals surface area contributed by atoms with Gasteiger partial charge in [-0.1, -0.05) is 19.8 Å². The van der Waals surface area contributed by atoms with Crippen molar-refractivity contribution in [1.29, 1.82) is 0 Å². The van der Waals surface area contributed by atoms with Gasteiger partial charge in [0.15, 0.2) is 0 Å². The minimum Gasteiger partial charge on any atom is -0.481 e. The summed E-state index contributed by atoms with van der Waals surface area (Å²) in [5.41, 5.74) is -0.316. The lowest BCUT2D eigenvalue weighted by atomic mass is 9.44. The molecule has 0 aromatic heterocycles. The third-order valence-electron chi connectivity index (χ3n) is 5.82. The second-order valence-corrected chi connectivity index (χ2v) is 6.82. The van der Waals surface area contributed by atoms with E-state index in [1.54, 1.807) is 0 Å². The van der Waals surface area contributed by atoms with Crippen LogP contribution in [0.15, 0.2) is 0 Å². The highest BCUT2D eigenvalue weighted by atomic mass is 16.4. The molecule has 3 unspecified atom stereocenters. The topological polar surface area (TPSA) is 37.3 Å². The largest absolute Gasteiger partial charge is 0.481 e. The van der Waals surface area contributed by atoms with Crippen molar-refractivity contribution < 1.29 is 9.90 Å². The van der Waals surface area contributed by atoms with Crippen molar-refractivity contribution in [3.05, 3.63) is 0 Å². The molecule has 4 rings (SSSR count). The summed E-state index contributed by atoms with van der Waals surface area (Å²) >= 11 is 0. The Morgan fingerprint density at radius 3 is 2.41 bits per heavy atom. The fraction of sp³-hybridized carbons (Fsp3) is 0.933. The summed E-state index contributed by atoms with van der Waals surface area (Å²) in [5.74, 6) is 2.23. The van der Waals surface area contributed by atoms with Crippen LogP contribution in [-0.2, 0) is 4.79 Å². The Kier molecular flexibility index (Phi) is 2.72. The number of hydrogen-bond donors (Lipinski definition) is 1. The third-order valence-corrected chi connectivity index (χ3v) is 5.82. The van der Waals surface area contributed by atoms with Gasteiger partial charge in [0, 0.05) is 0 Å². The van der Waals surface area contributed by atoms with Crippen LogP contribution in [0.3, 0.4) is 0 Å². The highest BCUT2D eigenvalue weighted by Gasteiger charge is 2.60. The van der Waals surface area contributed by atoms with E-state index in [1.165, 1.54) is 32.1 Å². The van der Waals surface area contributed by atoms with Gasteiger partial charge < -0.3 is 5.11 Å². The number of rotatable bonds is 4. The van der Waals surface area contributed by atoms with E-state index in [4.69, 9.17) is 0 Å². The molecule has 4 bridgehead atoms. The predicted molar refractivity (Wildman–Crippen MR) is 66.6 cm³/mol. The van der Waals surface area contributed by atoms with Crippen molar-refractivity contribution in [2.75, 3.05) is 0 Å². The second-order valence-electron chi connectivity index (χ2n) is 6.82. The molecule has 0 amide bonds. The molecule has 0 spiro atoms. The number of carboxylic acid groups (broad SMARTS) is 1. The minimum absolute atomic E-state index is 0.316. The Morgan fingerprint density at radius 2 is 1.88 bits per heavy atom. The SMILES string of the molecule is CCCCC1C2CC3CC(C2)CC1(C(=O)O)C3. The second kappa shape index (κ2) is 4.00. The fourth-order valence-corrected chi connectivity index (χ4v) is 5.42. The Morgan fingerprint density at radius 1 is 1.24 bits per heavy atom. The molecule has 4 fully saturated rings. The molecule has 0 saturated heterocycles. The van der Waals surface area contributed by atoms with E-state index in [0.29, 0.717) is 5.92 Å². The van der Waals surface area contributed by atoms with Crippen molar-refractivity contribution >= 4 is 5.97 Å². The Balaban J connectivity index is 1.88.